The van der Waals surface area contributed by atoms with Gasteiger partial charge in [-0.05, 0) is 24.3 Å². The Kier molecular flexibility index (Phi) is 5.57. The summed E-state index contributed by atoms with van der Waals surface area (Å²) >= 11 is 1.52. The standard InChI is InChI=1S/C22H21N3O3S/c1-28-19-9-7-18(8-10-19)25-13-16(12-21(25)27)23-20(26)11-17-14-29-22(24-17)15-5-3-2-4-6-15/h2-10,14,16H,11-13H2,1H3,(H,23,26). The van der Waals surface area contributed by atoms with Crippen LogP contribution in [0.2, 0.25) is 0 Å². The van der Waals surface area contributed by atoms with Gasteiger partial charge in [0.05, 0.1) is 25.3 Å². The quantitative estimate of drug-likeness (QED) is 0.681. The fraction of sp³-hybridized carbons (Fsp3) is 0.227. The molecule has 29 heavy (non-hydrogen) atoms. The van der Waals surface area contributed by atoms with Crippen LogP contribution in [-0.2, 0) is 16.0 Å². The molecule has 1 aliphatic rings. The summed E-state index contributed by atoms with van der Waals surface area (Å²) in [5.74, 6) is 0.619. The Morgan fingerprint density at radius 3 is 2.69 bits per heavy atom. The summed E-state index contributed by atoms with van der Waals surface area (Å²) in [6.07, 6.45) is 0.501. The fourth-order valence-electron chi connectivity index (χ4n) is 3.36. The largest absolute Gasteiger partial charge is 0.497 e. The molecule has 0 saturated carbocycles. The number of carbonyl (C=O) groups is 2. The fourth-order valence-corrected chi connectivity index (χ4v) is 4.19. The molecule has 1 aliphatic heterocycles. The topological polar surface area (TPSA) is 71.5 Å². The van der Waals surface area contributed by atoms with Crippen molar-refractivity contribution in [1.82, 2.24) is 10.3 Å². The van der Waals surface area contributed by atoms with Gasteiger partial charge in [-0.25, -0.2) is 4.98 Å². The molecule has 3 aromatic rings. The number of benzene rings is 2. The molecule has 148 valence electrons. The van der Waals surface area contributed by atoms with E-state index in [2.05, 4.69) is 10.3 Å². The summed E-state index contributed by atoms with van der Waals surface area (Å²) in [5, 5.41) is 5.77. The van der Waals surface area contributed by atoms with Crippen molar-refractivity contribution in [2.45, 2.75) is 18.9 Å². The van der Waals surface area contributed by atoms with Gasteiger partial charge in [-0.15, -0.1) is 11.3 Å². The molecule has 0 spiro atoms. The number of carbonyl (C=O) groups excluding carboxylic acids is 2. The molecular weight excluding hydrogens is 386 g/mol. The van der Waals surface area contributed by atoms with Crippen molar-refractivity contribution in [3.8, 4) is 16.3 Å². The number of anilines is 1. The maximum absolute atomic E-state index is 12.5. The Morgan fingerprint density at radius 2 is 1.97 bits per heavy atom. The zero-order valence-electron chi connectivity index (χ0n) is 16.0. The van der Waals surface area contributed by atoms with Crippen molar-refractivity contribution in [3.63, 3.8) is 0 Å². The highest BCUT2D eigenvalue weighted by atomic mass is 32.1. The van der Waals surface area contributed by atoms with E-state index in [0.717, 1.165) is 27.7 Å². The van der Waals surface area contributed by atoms with Crippen molar-refractivity contribution in [2.24, 2.45) is 0 Å². The molecule has 0 bridgehead atoms. The Labute approximate surface area is 173 Å². The molecule has 1 saturated heterocycles. The summed E-state index contributed by atoms with van der Waals surface area (Å²) < 4.78 is 5.15. The van der Waals surface area contributed by atoms with Gasteiger partial charge in [-0.1, -0.05) is 30.3 Å². The molecule has 7 heteroatoms. The van der Waals surface area contributed by atoms with Gasteiger partial charge in [0.2, 0.25) is 11.8 Å². The minimum Gasteiger partial charge on any atom is -0.497 e. The molecule has 4 rings (SSSR count). The van der Waals surface area contributed by atoms with Crippen LogP contribution in [0.25, 0.3) is 10.6 Å². The van der Waals surface area contributed by atoms with Crippen LogP contribution in [0.5, 0.6) is 5.75 Å². The van der Waals surface area contributed by atoms with Crippen LogP contribution in [0.4, 0.5) is 5.69 Å². The normalized spacial score (nSPS) is 16.1. The molecule has 2 aromatic carbocycles. The Hall–Kier alpha value is -3.19. The molecule has 2 heterocycles. The SMILES string of the molecule is COc1ccc(N2CC(NC(=O)Cc3csc(-c4ccccc4)n3)CC2=O)cc1. The second kappa shape index (κ2) is 8.45. The maximum atomic E-state index is 12.5. The third-order valence-electron chi connectivity index (χ3n) is 4.79. The smallest absolute Gasteiger partial charge is 0.229 e. The predicted molar refractivity (Wildman–Crippen MR) is 113 cm³/mol. The third kappa shape index (κ3) is 4.46. The van der Waals surface area contributed by atoms with Gasteiger partial charge in [0.1, 0.15) is 10.8 Å². The van der Waals surface area contributed by atoms with E-state index in [9.17, 15) is 9.59 Å². The average molecular weight is 407 g/mol. The van der Waals surface area contributed by atoms with Gasteiger partial charge in [0.25, 0.3) is 0 Å². The summed E-state index contributed by atoms with van der Waals surface area (Å²) in [6, 6.07) is 17.0. The number of nitrogens with one attached hydrogen (secondary N) is 1. The second-order valence-electron chi connectivity index (χ2n) is 6.86. The molecule has 1 atom stereocenters. The van der Waals surface area contributed by atoms with Crippen LogP contribution in [0.15, 0.2) is 60.0 Å². The number of rotatable bonds is 6. The van der Waals surface area contributed by atoms with E-state index in [1.165, 1.54) is 11.3 Å². The minimum atomic E-state index is -0.204. The highest BCUT2D eigenvalue weighted by Crippen LogP contribution is 2.25. The average Bonchev–Trinajstić information content (AvgIpc) is 3.35. The van der Waals surface area contributed by atoms with E-state index >= 15 is 0 Å². The molecule has 2 amide bonds. The molecular formula is C22H21N3O3S. The minimum absolute atomic E-state index is 0.000453. The summed E-state index contributed by atoms with van der Waals surface area (Å²) in [5.41, 5.74) is 2.59. The van der Waals surface area contributed by atoms with Crippen molar-refractivity contribution in [2.75, 3.05) is 18.6 Å². The molecule has 6 nitrogen and oxygen atoms in total. The van der Waals surface area contributed by atoms with Crippen LogP contribution in [0.3, 0.4) is 0 Å². The van der Waals surface area contributed by atoms with Gasteiger partial charge in [0, 0.05) is 29.6 Å². The number of ether oxygens (including phenoxy) is 1. The van der Waals surface area contributed by atoms with Crippen LogP contribution in [0, 0.1) is 0 Å². The number of hydrogen-bond acceptors (Lipinski definition) is 5. The van der Waals surface area contributed by atoms with Crippen molar-refractivity contribution in [1.29, 1.82) is 0 Å². The lowest BCUT2D eigenvalue weighted by molar-refractivity contribution is -0.121. The van der Waals surface area contributed by atoms with E-state index in [4.69, 9.17) is 4.74 Å². The summed E-state index contributed by atoms with van der Waals surface area (Å²) in [7, 11) is 1.60. The first kappa shape index (κ1) is 19.1. The highest BCUT2D eigenvalue weighted by molar-refractivity contribution is 7.13. The zero-order valence-corrected chi connectivity index (χ0v) is 16.8. The first-order chi connectivity index (χ1) is 14.1. The van der Waals surface area contributed by atoms with Crippen LogP contribution < -0.4 is 15.0 Å². The molecule has 0 aliphatic carbocycles. The van der Waals surface area contributed by atoms with Crippen LogP contribution in [-0.4, -0.2) is 36.5 Å². The lowest BCUT2D eigenvalue weighted by Gasteiger charge is -2.17. The van der Waals surface area contributed by atoms with Gasteiger partial charge in [-0.3, -0.25) is 9.59 Å². The maximum Gasteiger partial charge on any atom is 0.229 e. The van der Waals surface area contributed by atoms with Gasteiger partial charge in [-0.2, -0.15) is 0 Å². The van der Waals surface area contributed by atoms with Gasteiger partial charge >= 0.3 is 0 Å². The van der Waals surface area contributed by atoms with Crippen molar-refractivity contribution in [3.05, 3.63) is 65.7 Å². The number of hydrogen-bond donors (Lipinski definition) is 1. The highest BCUT2D eigenvalue weighted by Gasteiger charge is 2.31. The number of amides is 2. The van der Waals surface area contributed by atoms with E-state index in [-0.39, 0.29) is 24.3 Å². The van der Waals surface area contributed by atoms with Gasteiger partial charge in [0.15, 0.2) is 0 Å². The lowest BCUT2D eigenvalue weighted by Crippen LogP contribution is -2.38. The van der Waals surface area contributed by atoms with Crippen molar-refractivity contribution < 1.29 is 14.3 Å². The first-order valence-corrected chi connectivity index (χ1v) is 10.2. The molecule has 1 fully saturated rings. The number of nitrogens with zero attached hydrogens (tertiary/aromatic N) is 2. The summed E-state index contributed by atoms with van der Waals surface area (Å²) in [6.45, 7) is 0.462. The number of methoxy groups -OCH3 is 1. The predicted octanol–water partition coefficient (Wildman–Crippen LogP) is 3.28. The second-order valence-corrected chi connectivity index (χ2v) is 7.72. The van der Waals surface area contributed by atoms with E-state index < -0.39 is 0 Å². The first-order valence-electron chi connectivity index (χ1n) is 9.36. The van der Waals surface area contributed by atoms with E-state index in [1.54, 1.807) is 12.0 Å². The lowest BCUT2D eigenvalue weighted by atomic mass is 10.2. The zero-order chi connectivity index (χ0) is 20.2. The number of aromatic nitrogens is 1. The Morgan fingerprint density at radius 1 is 1.21 bits per heavy atom. The van der Waals surface area contributed by atoms with Crippen LogP contribution >= 0.6 is 11.3 Å². The molecule has 1 aromatic heterocycles. The van der Waals surface area contributed by atoms with Crippen molar-refractivity contribution >= 4 is 28.8 Å². The Balaban J connectivity index is 1.34. The van der Waals surface area contributed by atoms with Gasteiger partial charge < -0.3 is 15.0 Å². The van der Waals surface area contributed by atoms with E-state index in [1.807, 2.05) is 60.0 Å². The molecule has 1 N–H and O–H groups in total. The molecule has 0 radical (unpaired) electrons. The van der Waals surface area contributed by atoms with Crippen LogP contribution in [0.1, 0.15) is 12.1 Å². The van der Waals surface area contributed by atoms with E-state index in [0.29, 0.717) is 13.0 Å². The number of thiazole rings is 1. The Bertz CT molecular complexity index is 1000. The monoisotopic (exact) mass is 407 g/mol. The third-order valence-corrected chi connectivity index (χ3v) is 5.73. The molecule has 1 unspecified atom stereocenters. The summed E-state index contributed by atoms with van der Waals surface area (Å²) in [4.78, 5) is 31.1.